The van der Waals surface area contributed by atoms with E-state index >= 15 is 0 Å². The predicted molar refractivity (Wildman–Crippen MR) is 78.4 cm³/mol. The monoisotopic (exact) mass is 318 g/mol. The molecule has 3 N–H and O–H groups in total. The summed E-state index contributed by atoms with van der Waals surface area (Å²) in [5, 5.41) is 9.86. The molecule has 6 nitrogen and oxygen atoms in total. The van der Waals surface area contributed by atoms with Crippen molar-refractivity contribution in [3.05, 3.63) is 22.3 Å². The second-order valence-corrected chi connectivity index (χ2v) is 5.13. The van der Waals surface area contributed by atoms with Crippen molar-refractivity contribution >= 4 is 34.9 Å². The molecule has 1 saturated heterocycles. The summed E-state index contributed by atoms with van der Waals surface area (Å²) < 4.78 is 5.23. The third kappa shape index (κ3) is 4.49. The van der Waals surface area contributed by atoms with Gasteiger partial charge in [-0.15, -0.1) is 0 Å². The average Bonchev–Trinajstić information content (AvgIpc) is 2.46. The molecule has 0 aromatic carbocycles. The molecule has 0 aliphatic carbocycles. The lowest BCUT2D eigenvalue weighted by Gasteiger charge is -2.22. The van der Waals surface area contributed by atoms with Gasteiger partial charge in [-0.2, -0.15) is 0 Å². The third-order valence-electron chi connectivity index (χ3n) is 2.76. The highest BCUT2D eigenvalue weighted by atomic mass is 35.5. The Kier molecular flexibility index (Phi) is 5.85. The number of nitrogens with one attached hydrogen (secondary N) is 3. The number of hydrogen-bond donors (Lipinski definition) is 3. The number of nitrogens with zero attached hydrogens (tertiary/aromatic N) is 1. The van der Waals surface area contributed by atoms with Gasteiger partial charge in [-0.05, 0) is 6.07 Å². The minimum Gasteiger partial charge on any atom is -0.378 e. The second-order valence-electron chi connectivity index (χ2n) is 4.28. The lowest BCUT2D eigenvalue weighted by molar-refractivity contribution is -0.125. The van der Waals surface area contributed by atoms with Crippen LogP contribution < -0.4 is 16.0 Å². The summed E-state index contributed by atoms with van der Waals surface area (Å²) in [6.45, 7) is 2.74. The molecule has 1 amide bonds. The molecule has 0 bridgehead atoms. The van der Waals surface area contributed by atoms with Crippen LogP contribution in [0.25, 0.3) is 0 Å². The highest BCUT2D eigenvalue weighted by Gasteiger charge is 2.20. The van der Waals surface area contributed by atoms with Gasteiger partial charge in [0.1, 0.15) is 11.9 Å². The summed E-state index contributed by atoms with van der Waals surface area (Å²) in [6, 6.07) is 1.33. The van der Waals surface area contributed by atoms with Crippen molar-refractivity contribution in [1.82, 2.24) is 15.6 Å². The number of amides is 1. The Morgan fingerprint density at radius 2 is 2.35 bits per heavy atom. The van der Waals surface area contributed by atoms with Gasteiger partial charge in [0.15, 0.2) is 0 Å². The summed E-state index contributed by atoms with van der Waals surface area (Å²) in [5.41, 5.74) is 0. The zero-order chi connectivity index (χ0) is 14.4. The summed E-state index contributed by atoms with van der Waals surface area (Å²) in [4.78, 5) is 15.8. The van der Waals surface area contributed by atoms with Crippen molar-refractivity contribution < 1.29 is 9.53 Å². The van der Waals surface area contributed by atoms with Gasteiger partial charge in [0.25, 0.3) is 0 Å². The number of aromatic nitrogens is 1. The second kappa shape index (κ2) is 7.64. The number of rotatable bonds is 5. The summed E-state index contributed by atoms with van der Waals surface area (Å²) in [6.07, 6.45) is 1.51. The SMILES string of the molecule is O=C(NCCNc1ncc(Cl)cc1Cl)C1COCCN1. The molecular formula is C12H16Cl2N4O2. The molecule has 2 rings (SSSR count). The quantitative estimate of drug-likeness (QED) is 0.703. The fourth-order valence-electron chi connectivity index (χ4n) is 1.77. The van der Waals surface area contributed by atoms with Crippen LogP contribution in [0.2, 0.25) is 10.0 Å². The van der Waals surface area contributed by atoms with Crippen molar-refractivity contribution in [2.24, 2.45) is 0 Å². The number of pyridine rings is 1. The molecule has 0 radical (unpaired) electrons. The van der Waals surface area contributed by atoms with Gasteiger partial charge in [0, 0.05) is 25.8 Å². The Hall–Kier alpha value is -1.08. The van der Waals surface area contributed by atoms with Crippen LogP contribution in [0, 0.1) is 0 Å². The third-order valence-corrected chi connectivity index (χ3v) is 3.26. The van der Waals surface area contributed by atoms with Gasteiger partial charge in [-0.25, -0.2) is 4.98 Å². The van der Waals surface area contributed by atoms with Gasteiger partial charge in [-0.3, -0.25) is 4.79 Å². The lowest BCUT2D eigenvalue weighted by Crippen LogP contribution is -2.51. The number of hydrogen-bond acceptors (Lipinski definition) is 5. The molecule has 1 atom stereocenters. The molecule has 0 saturated carbocycles. The maximum atomic E-state index is 11.8. The van der Waals surface area contributed by atoms with E-state index in [2.05, 4.69) is 20.9 Å². The summed E-state index contributed by atoms with van der Waals surface area (Å²) in [5.74, 6) is 0.478. The fraction of sp³-hybridized carbons (Fsp3) is 0.500. The van der Waals surface area contributed by atoms with Crippen LogP contribution in [0.5, 0.6) is 0 Å². The summed E-state index contributed by atoms with van der Waals surface area (Å²) >= 11 is 11.7. The number of carbonyl (C=O) groups excluding carboxylic acids is 1. The first-order valence-electron chi connectivity index (χ1n) is 6.30. The molecule has 1 aromatic rings. The van der Waals surface area contributed by atoms with Gasteiger partial charge in [0.2, 0.25) is 5.91 Å². The van der Waals surface area contributed by atoms with E-state index in [0.717, 1.165) is 0 Å². The Labute approximate surface area is 127 Å². The highest BCUT2D eigenvalue weighted by molar-refractivity contribution is 6.35. The molecule has 2 heterocycles. The van der Waals surface area contributed by atoms with E-state index < -0.39 is 0 Å². The maximum absolute atomic E-state index is 11.8. The number of halogens is 2. The first kappa shape index (κ1) is 15.3. The van der Waals surface area contributed by atoms with Crippen LogP contribution in [-0.2, 0) is 9.53 Å². The van der Waals surface area contributed by atoms with Gasteiger partial charge >= 0.3 is 0 Å². The highest BCUT2D eigenvalue weighted by Crippen LogP contribution is 2.21. The van der Waals surface area contributed by atoms with Crippen LogP contribution in [0.15, 0.2) is 12.3 Å². The molecule has 0 spiro atoms. The zero-order valence-corrected chi connectivity index (χ0v) is 12.3. The molecular weight excluding hydrogens is 303 g/mol. The van der Waals surface area contributed by atoms with Crippen molar-refractivity contribution in [2.75, 3.05) is 38.2 Å². The van der Waals surface area contributed by atoms with E-state index in [-0.39, 0.29) is 11.9 Å². The molecule has 1 aromatic heterocycles. The van der Waals surface area contributed by atoms with Crippen molar-refractivity contribution in [3.8, 4) is 0 Å². The van der Waals surface area contributed by atoms with Gasteiger partial charge in [-0.1, -0.05) is 23.2 Å². The van der Waals surface area contributed by atoms with Crippen LogP contribution >= 0.6 is 23.2 Å². The van der Waals surface area contributed by atoms with Crippen molar-refractivity contribution in [1.29, 1.82) is 0 Å². The minimum atomic E-state index is -0.277. The number of carbonyl (C=O) groups is 1. The van der Waals surface area contributed by atoms with E-state index in [1.54, 1.807) is 6.07 Å². The number of morpholine rings is 1. The Morgan fingerprint density at radius 1 is 1.50 bits per heavy atom. The van der Waals surface area contributed by atoms with E-state index in [9.17, 15) is 4.79 Å². The molecule has 1 fully saturated rings. The maximum Gasteiger partial charge on any atom is 0.239 e. The van der Waals surface area contributed by atoms with E-state index in [4.69, 9.17) is 27.9 Å². The Bertz CT molecular complexity index is 467. The van der Waals surface area contributed by atoms with E-state index in [0.29, 0.717) is 48.7 Å². The smallest absolute Gasteiger partial charge is 0.239 e. The lowest BCUT2D eigenvalue weighted by atomic mass is 10.2. The number of ether oxygens (including phenoxy) is 1. The molecule has 1 aliphatic heterocycles. The fourth-order valence-corrected chi connectivity index (χ4v) is 2.22. The molecule has 8 heteroatoms. The van der Waals surface area contributed by atoms with Crippen LogP contribution in [-0.4, -0.2) is 49.8 Å². The normalized spacial score (nSPS) is 18.6. The van der Waals surface area contributed by atoms with Crippen LogP contribution in [0.1, 0.15) is 0 Å². The van der Waals surface area contributed by atoms with Gasteiger partial charge in [0.05, 0.1) is 23.3 Å². The van der Waals surface area contributed by atoms with Gasteiger partial charge < -0.3 is 20.7 Å². The molecule has 1 aliphatic rings. The molecule has 110 valence electrons. The van der Waals surface area contributed by atoms with Crippen LogP contribution in [0.4, 0.5) is 5.82 Å². The molecule has 1 unspecified atom stereocenters. The van der Waals surface area contributed by atoms with E-state index in [1.165, 1.54) is 6.20 Å². The van der Waals surface area contributed by atoms with E-state index in [1.807, 2.05) is 0 Å². The largest absolute Gasteiger partial charge is 0.378 e. The minimum absolute atomic E-state index is 0.0679. The zero-order valence-electron chi connectivity index (χ0n) is 10.8. The first-order chi connectivity index (χ1) is 9.66. The standard InChI is InChI=1S/C12H16Cl2N4O2/c13-8-5-9(14)11(18-6-8)16-1-2-17-12(19)10-7-20-4-3-15-10/h5-6,10,15H,1-4,7H2,(H,16,18)(H,17,19). The average molecular weight is 319 g/mol. The molecule has 20 heavy (non-hydrogen) atoms. The first-order valence-corrected chi connectivity index (χ1v) is 7.06. The predicted octanol–water partition coefficient (Wildman–Crippen LogP) is 0.905. The topological polar surface area (TPSA) is 75.3 Å². The van der Waals surface area contributed by atoms with Crippen molar-refractivity contribution in [3.63, 3.8) is 0 Å². The van der Waals surface area contributed by atoms with Crippen molar-refractivity contribution in [2.45, 2.75) is 6.04 Å². The van der Waals surface area contributed by atoms with Crippen LogP contribution in [0.3, 0.4) is 0 Å². The Morgan fingerprint density at radius 3 is 3.05 bits per heavy atom. The summed E-state index contributed by atoms with van der Waals surface area (Å²) in [7, 11) is 0. The number of anilines is 1. The Balaban J connectivity index is 1.69.